The van der Waals surface area contributed by atoms with Crippen LogP contribution < -0.4 is 0 Å². The van der Waals surface area contributed by atoms with E-state index in [2.05, 4.69) is 19.1 Å². The first-order valence-corrected chi connectivity index (χ1v) is 7.55. The van der Waals surface area contributed by atoms with E-state index in [1.165, 1.54) is 5.56 Å². The van der Waals surface area contributed by atoms with Crippen LogP contribution in [0.25, 0.3) is 0 Å². The molecule has 2 aliphatic rings. The van der Waals surface area contributed by atoms with Crippen LogP contribution in [0.3, 0.4) is 0 Å². The van der Waals surface area contributed by atoms with Gasteiger partial charge in [0.25, 0.3) is 0 Å². The van der Waals surface area contributed by atoms with Gasteiger partial charge < -0.3 is 14.4 Å². The first-order valence-electron chi connectivity index (χ1n) is 7.55. The van der Waals surface area contributed by atoms with Crippen molar-refractivity contribution in [3.05, 3.63) is 35.9 Å². The van der Waals surface area contributed by atoms with E-state index in [1.54, 1.807) is 4.90 Å². The number of epoxide rings is 1. The summed E-state index contributed by atoms with van der Waals surface area (Å²) in [5.74, 6) is 0. The third-order valence-electron chi connectivity index (χ3n) is 4.20. The summed E-state index contributed by atoms with van der Waals surface area (Å²) in [7, 11) is 0. The molecule has 0 N–H and O–H groups in total. The Morgan fingerprint density at radius 3 is 2.62 bits per heavy atom. The number of piperidine rings is 1. The molecule has 1 amide bonds. The highest BCUT2D eigenvalue weighted by Gasteiger charge is 2.62. The molecule has 0 spiro atoms. The number of fused-ring (bicyclic) bond motifs is 1. The van der Waals surface area contributed by atoms with Crippen molar-refractivity contribution in [1.29, 1.82) is 0 Å². The van der Waals surface area contributed by atoms with Crippen molar-refractivity contribution in [3.63, 3.8) is 0 Å². The summed E-state index contributed by atoms with van der Waals surface area (Å²) < 4.78 is 11.5. The normalized spacial score (nSPS) is 31.5. The number of carbonyl (C=O) groups excluding carboxylic acids is 1. The third-order valence-corrected chi connectivity index (χ3v) is 4.20. The summed E-state index contributed by atoms with van der Waals surface area (Å²) in [6.45, 7) is 8.34. The Kier molecular flexibility index (Phi) is 3.24. The van der Waals surface area contributed by atoms with Crippen LogP contribution in [0.1, 0.15) is 39.7 Å². The number of benzene rings is 1. The molecule has 3 rings (SSSR count). The first-order chi connectivity index (χ1) is 9.82. The molecule has 0 unspecified atom stereocenters. The Morgan fingerprint density at radius 1 is 1.33 bits per heavy atom. The topological polar surface area (TPSA) is 42.1 Å². The van der Waals surface area contributed by atoms with Crippen LogP contribution in [0.4, 0.5) is 4.79 Å². The maximum atomic E-state index is 12.3. The average Bonchev–Trinajstić information content (AvgIpc) is 3.11. The Labute approximate surface area is 126 Å². The van der Waals surface area contributed by atoms with Gasteiger partial charge >= 0.3 is 6.09 Å². The zero-order valence-electron chi connectivity index (χ0n) is 13.1. The predicted molar refractivity (Wildman–Crippen MR) is 80.0 cm³/mol. The van der Waals surface area contributed by atoms with E-state index < -0.39 is 5.60 Å². The van der Waals surface area contributed by atoms with Gasteiger partial charge in [-0.2, -0.15) is 0 Å². The first kappa shape index (κ1) is 14.4. The largest absolute Gasteiger partial charge is 0.444 e. The van der Waals surface area contributed by atoms with Crippen molar-refractivity contribution >= 4 is 6.09 Å². The summed E-state index contributed by atoms with van der Waals surface area (Å²) in [5, 5.41) is 0. The second kappa shape index (κ2) is 4.73. The smallest absolute Gasteiger partial charge is 0.410 e. The van der Waals surface area contributed by atoms with Crippen LogP contribution in [0, 0.1) is 0 Å². The molecule has 0 saturated carbocycles. The fourth-order valence-corrected chi connectivity index (χ4v) is 3.16. The zero-order chi connectivity index (χ0) is 15.3. The van der Waals surface area contributed by atoms with Crippen molar-refractivity contribution in [2.75, 3.05) is 6.54 Å². The molecule has 4 nitrogen and oxygen atoms in total. The van der Waals surface area contributed by atoms with Crippen LogP contribution in [0.5, 0.6) is 0 Å². The molecule has 1 aromatic rings. The number of likely N-dealkylation sites (tertiary alicyclic amines) is 1. The van der Waals surface area contributed by atoms with Crippen LogP contribution >= 0.6 is 0 Å². The van der Waals surface area contributed by atoms with Gasteiger partial charge in [0.15, 0.2) is 0 Å². The maximum absolute atomic E-state index is 12.3. The van der Waals surface area contributed by atoms with Gasteiger partial charge in [-0.3, -0.25) is 0 Å². The van der Waals surface area contributed by atoms with E-state index >= 15 is 0 Å². The van der Waals surface area contributed by atoms with Crippen LogP contribution in [-0.2, 0) is 15.1 Å². The van der Waals surface area contributed by atoms with Gasteiger partial charge in [-0.1, -0.05) is 30.3 Å². The molecule has 3 atom stereocenters. The molecule has 21 heavy (non-hydrogen) atoms. The predicted octanol–water partition coefficient (Wildman–Crippen LogP) is 3.31. The quantitative estimate of drug-likeness (QED) is 0.745. The van der Waals surface area contributed by atoms with E-state index in [0.29, 0.717) is 6.54 Å². The number of nitrogens with zero attached hydrogens (tertiary/aromatic N) is 1. The summed E-state index contributed by atoms with van der Waals surface area (Å²) >= 11 is 0. The standard InChI is InChI=1S/C17H23NO3/c1-12-10-17(13-8-6-5-7-9-13)14(20-17)11-18(12)15(19)21-16(2,3)4/h5-9,12,14H,10-11H2,1-4H3/t12-,14-,17-/m1/s1. The van der Waals surface area contributed by atoms with Gasteiger partial charge in [0.05, 0.1) is 6.54 Å². The summed E-state index contributed by atoms with van der Waals surface area (Å²) in [6.07, 6.45) is 0.664. The molecule has 1 aromatic carbocycles. The van der Waals surface area contributed by atoms with Gasteiger partial charge in [-0.25, -0.2) is 4.79 Å². The highest BCUT2D eigenvalue weighted by molar-refractivity contribution is 5.69. The number of amides is 1. The van der Waals surface area contributed by atoms with Crippen molar-refractivity contribution < 1.29 is 14.3 Å². The highest BCUT2D eigenvalue weighted by Crippen LogP contribution is 2.53. The van der Waals surface area contributed by atoms with Crippen molar-refractivity contribution in [2.45, 2.75) is 57.5 Å². The van der Waals surface area contributed by atoms with E-state index in [1.807, 2.05) is 39.0 Å². The molecule has 0 aromatic heterocycles. The van der Waals surface area contributed by atoms with Crippen molar-refractivity contribution in [2.24, 2.45) is 0 Å². The van der Waals surface area contributed by atoms with Crippen molar-refractivity contribution in [3.8, 4) is 0 Å². The van der Waals surface area contributed by atoms with Gasteiger partial charge in [-0.15, -0.1) is 0 Å². The third kappa shape index (κ3) is 2.64. The molecule has 0 bridgehead atoms. The van der Waals surface area contributed by atoms with Crippen LogP contribution in [0.2, 0.25) is 0 Å². The van der Waals surface area contributed by atoms with Crippen LogP contribution in [-0.4, -0.2) is 35.3 Å². The Bertz CT molecular complexity index is 537. The average molecular weight is 289 g/mol. The Balaban J connectivity index is 1.72. The zero-order valence-corrected chi connectivity index (χ0v) is 13.1. The summed E-state index contributed by atoms with van der Waals surface area (Å²) in [4.78, 5) is 14.1. The number of carbonyl (C=O) groups is 1. The monoisotopic (exact) mass is 289 g/mol. The van der Waals surface area contributed by atoms with E-state index in [-0.39, 0.29) is 23.8 Å². The lowest BCUT2D eigenvalue weighted by Crippen LogP contribution is -2.49. The van der Waals surface area contributed by atoms with Gasteiger partial charge in [0, 0.05) is 12.5 Å². The minimum atomic E-state index is -0.463. The van der Waals surface area contributed by atoms with Crippen LogP contribution in [0.15, 0.2) is 30.3 Å². The minimum Gasteiger partial charge on any atom is -0.444 e. The number of rotatable bonds is 1. The second-order valence-corrected chi connectivity index (χ2v) is 7.05. The van der Waals surface area contributed by atoms with E-state index in [0.717, 1.165) is 6.42 Å². The summed E-state index contributed by atoms with van der Waals surface area (Å²) in [6, 6.07) is 10.4. The maximum Gasteiger partial charge on any atom is 0.410 e. The lowest BCUT2D eigenvalue weighted by Gasteiger charge is -2.36. The number of hydrogen-bond donors (Lipinski definition) is 0. The van der Waals surface area contributed by atoms with Gasteiger partial charge in [0.2, 0.25) is 0 Å². The molecule has 114 valence electrons. The van der Waals surface area contributed by atoms with E-state index in [9.17, 15) is 4.79 Å². The number of hydrogen-bond acceptors (Lipinski definition) is 3. The lowest BCUT2D eigenvalue weighted by atomic mass is 9.85. The molecule has 2 saturated heterocycles. The molecule has 0 radical (unpaired) electrons. The fraction of sp³-hybridized carbons (Fsp3) is 0.588. The Hall–Kier alpha value is -1.55. The fourth-order valence-electron chi connectivity index (χ4n) is 3.16. The highest BCUT2D eigenvalue weighted by atomic mass is 16.6. The van der Waals surface area contributed by atoms with E-state index in [4.69, 9.17) is 9.47 Å². The molecule has 2 aliphatic heterocycles. The lowest BCUT2D eigenvalue weighted by molar-refractivity contribution is 0.0121. The van der Waals surface area contributed by atoms with Crippen molar-refractivity contribution in [1.82, 2.24) is 4.90 Å². The molecule has 2 fully saturated rings. The number of ether oxygens (including phenoxy) is 2. The van der Waals surface area contributed by atoms with Gasteiger partial charge in [-0.05, 0) is 33.3 Å². The van der Waals surface area contributed by atoms with Gasteiger partial charge in [0.1, 0.15) is 17.3 Å². The molecular formula is C17H23NO3. The molecule has 4 heteroatoms. The second-order valence-electron chi connectivity index (χ2n) is 7.05. The Morgan fingerprint density at radius 2 is 2.00 bits per heavy atom. The molecule has 0 aliphatic carbocycles. The molecular weight excluding hydrogens is 266 g/mol. The SMILES string of the molecule is C[C@@H]1C[C@]2(c3ccccc3)O[C@@H]2CN1C(=O)OC(C)(C)C. The molecule has 2 heterocycles. The summed E-state index contributed by atoms with van der Waals surface area (Å²) in [5.41, 5.74) is 0.555. The minimum absolute atomic E-state index is 0.0867.